The van der Waals surface area contributed by atoms with Gasteiger partial charge < -0.3 is 5.32 Å². The maximum absolute atomic E-state index is 5.99. The zero-order valence-electron chi connectivity index (χ0n) is 16.6. The minimum absolute atomic E-state index is 0.0271. The van der Waals surface area contributed by atoms with Crippen molar-refractivity contribution in [2.24, 2.45) is 0 Å². The van der Waals surface area contributed by atoms with Crippen LogP contribution in [0.2, 0.25) is 5.02 Å². The van der Waals surface area contributed by atoms with Crippen LogP contribution < -0.4 is 5.32 Å². The highest BCUT2D eigenvalue weighted by molar-refractivity contribution is 6.30. The Kier molecular flexibility index (Phi) is 7.18. The normalized spacial score (nSPS) is 11.7. The van der Waals surface area contributed by atoms with E-state index in [1.54, 1.807) is 0 Å². The molecular weight excluding hydrogens is 366 g/mol. The lowest BCUT2D eigenvalue weighted by molar-refractivity contribution is 0.379. The van der Waals surface area contributed by atoms with Gasteiger partial charge in [0.05, 0.1) is 0 Å². The molecule has 0 bridgehead atoms. The summed E-state index contributed by atoms with van der Waals surface area (Å²) in [5.74, 6) is 0.226. The van der Waals surface area contributed by atoms with E-state index in [2.05, 4.69) is 53.4 Å². The van der Waals surface area contributed by atoms with Gasteiger partial charge in [0.15, 0.2) is 0 Å². The topological polar surface area (TPSA) is 37.8 Å². The van der Waals surface area contributed by atoms with Crippen LogP contribution in [0.1, 0.15) is 49.6 Å². The third-order valence-corrected chi connectivity index (χ3v) is 5.17. The zero-order chi connectivity index (χ0) is 19.8. The summed E-state index contributed by atoms with van der Waals surface area (Å²) in [4.78, 5) is 9.15. The number of hydrogen-bond acceptors (Lipinski definition) is 3. The first-order chi connectivity index (χ1) is 13.5. The lowest BCUT2D eigenvalue weighted by Crippen LogP contribution is -2.41. The predicted molar refractivity (Wildman–Crippen MR) is 117 cm³/mol. The van der Waals surface area contributed by atoms with E-state index >= 15 is 0 Å². The molecule has 2 aromatic heterocycles. The fraction of sp³-hybridized carbons (Fsp3) is 0.333. The van der Waals surface area contributed by atoms with Gasteiger partial charge in [0, 0.05) is 40.3 Å². The molecule has 28 heavy (non-hydrogen) atoms. The fourth-order valence-electron chi connectivity index (χ4n) is 3.52. The number of pyridine rings is 2. The number of nitrogens with zero attached hydrogens (tertiary/aromatic N) is 2. The van der Waals surface area contributed by atoms with Crippen molar-refractivity contribution in [3.63, 3.8) is 0 Å². The van der Waals surface area contributed by atoms with E-state index < -0.39 is 0 Å². The van der Waals surface area contributed by atoms with Crippen LogP contribution >= 0.6 is 11.6 Å². The van der Waals surface area contributed by atoms with E-state index in [4.69, 9.17) is 11.6 Å². The van der Waals surface area contributed by atoms with E-state index in [1.807, 2.05) is 48.8 Å². The molecule has 0 spiro atoms. The fourth-order valence-corrected chi connectivity index (χ4v) is 3.65. The molecule has 1 aromatic carbocycles. The second-order valence-corrected chi connectivity index (χ2v) is 8.25. The minimum Gasteiger partial charge on any atom is -0.311 e. The van der Waals surface area contributed by atoms with Crippen molar-refractivity contribution >= 4 is 11.6 Å². The Morgan fingerprint density at radius 3 is 2.04 bits per heavy atom. The van der Waals surface area contributed by atoms with E-state index in [1.165, 1.54) is 5.56 Å². The van der Waals surface area contributed by atoms with Crippen molar-refractivity contribution < 1.29 is 0 Å². The van der Waals surface area contributed by atoms with Gasteiger partial charge >= 0.3 is 0 Å². The third kappa shape index (κ3) is 6.15. The molecule has 146 valence electrons. The monoisotopic (exact) mass is 393 g/mol. The van der Waals surface area contributed by atoms with Gasteiger partial charge in [-0.05, 0) is 81.6 Å². The summed E-state index contributed by atoms with van der Waals surface area (Å²) in [5, 5.41) is 4.49. The highest BCUT2D eigenvalue weighted by Gasteiger charge is 2.19. The summed E-state index contributed by atoms with van der Waals surface area (Å²) in [6, 6.07) is 20.3. The van der Waals surface area contributed by atoms with E-state index in [-0.39, 0.29) is 11.5 Å². The molecule has 0 aliphatic rings. The molecule has 3 aromatic rings. The molecule has 0 amide bonds. The first-order valence-electron chi connectivity index (χ1n) is 9.85. The van der Waals surface area contributed by atoms with Crippen molar-refractivity contribution in [1.82, 2.24) is 15.3 Å². The van der Waals surface area contributed by atoms with Crippen LogP contribution in [-0.4, -0.2) is 22.1 Å². The minimum atomic E-state index is 0.0271. The van der Waals surface area contributed by atoms with Gasteiger partial charge in [-0.25, -0.2) is 0 Å². The van der Waals surface area contributed by atoms with Crippen molar-refractivity contribution in [2.45, 2.75) is 44.6 Å². The molecule has 3 rings (SSSR count). The quantitative estimate of drug-likeness (QED) is 0.477. The molecule has 0 aliphatic carbocycles. The predicted octanol–water partition coefficient (Wildman–Crippen LogP) is 5.65. The number of aromatic nitrogens is 2. The molecule has 0 aliphatic heterocycles. The van der Waals surface area contributed by atoms with Gasteiger partial charge in [-0.1, -0.05) is 35.9 Å². The second kappa shape index (κ2) is 9.81. The summed E-state index contributed by atoms with van der Waals surface area (Å²) in [6.45, 7) is 5.45. The maximum atomic E-state index is 5.99. The molecule has 3 nitrogen and oxygen atoms in total. The molecule has 0 saturated carbocycles. The Labute approximate surface area is 173 Å². The van der Waals surface area contributed by atoms with Crippen molar-refractivity contribution in [3.8, 4) is 0 Å². The van der Waals surface area contributed by atoms with Crippen LogP contribution in [-0.2, 0) is 6.42 Å². The van der Waals surface area contributed by atoms with Gasteiger partial charge in [-0.3, -0.25) is 9.97 Å². The number of nitrogens with one attached hydrogen (secondary N) is 1. The van der Waals surface area contributed by atoms with Crippen LogP contribution in [0.25, 0.3) is 0 Å². The molecule has 0 atom stereocenters. The van der Waals surface area contributed by atoms with E-state index in [0.29, 0.717) is 0 Å². The first-order valence-corrected chi connectivity index (χ1v) is 10.2. The summed E-state index contributed by atoms with van der Waals surface area (Å²) in [7, 11) is 0. The zero-order valence-corrected chi connectivity index (χ0v) is 17.4. The van der Waals surface area contributed by atoms with E-state index in [9.17, 15) is 0 Å². The average molecular weight is 394 g/mol. The lowest BCUT2D eigenvalue weighted by atomic mass is 9.93. The molecule has 0 saturated heterocycles. The van der Waals surface area contributed by atoms with Crippen LogP contribution in [0, 0.1) is 0 Å². The Hall–Kier alpha value is -2.23. The molecule has 0 radical (unpaired) electrons. The molecule has 1 N–H and O–H groups in total. The van der Waals surface area contributed by atoms with Crippen molar-refractivity contribution in [1.29, 1.82) is 0 Å². The average Bonchev–Trinajstić information content (AvgIpc) is 2.71. The van der Waals surface area contributed by atoms with Gasteiger partial charge in [0.1, 0.15) is 0 Å². The summed E-state index contributed by atoms with van der Waals surface area (Å²) in [6.07, 6.45) is 6.76. The first kappa shape index (κ1) is 20.5. The summed E-state index contributed by atoms with van der Waals surface area (Å²) < 4.78 is 0. The molecule has 2 heterocycles. The molecular formula is C24H28ClN3. The summed E-state index contributed by atoms with van der Waals surface area (Å²) in [5.41, 5.74) is 3.49. The van der Waals surface area contributed by atoms with Crippen molar-refractivity contribution in [2.75, 3.05) is 6.54 Å². The Morgan fingerprint density at radius 1 is 0.893 bits per heavy atom. The van der Waals surface area contributed by atoms with Gasteiger partial charge in [0.2, 0.25) is 0 Å². The maximum Gasteiger partial charge on any atom is 0.0494 e. The van der Waals surface area contributed by atoms with Gasteiger partial charge in [0.25, 0.3) is 0 Å². The van der Waals surface area contributed by atoms with E-state index in [0.717, 1.165) is 42.2 Å². The molecule has 4 heteroatoms. The smallest absolute Gasteiger partial charge is 0.0494 e. The van der Waals surface area contributed by atoms with Gasteiger partial charge in [-0.15, -0.1) is 0 Å². The number of benzene rings is 1. The lowest BCUT2D eigenvalue weighted by Gasteiger charge is -2.27. The number of hydrogen-bond donors (Lipinski definition) is 1. The largest absolute Gasteiger partial charge is 0.311 e. The van der Waals surface area contributed by atoms with Crippen molar-refractivity contribution in [3.05, 3.63) is 95.0 Å². The second-order valence-electron chi connectivity index (χ2n) is 7.82. The SMILES string of the molecule is CC(C)(Cc1ccc(Cl)cc1)NCCCC(c1ccccn1)c1ccccn1. The third-order valence-electron chi connectivity index (χ3n) is 4.92. The molecule has 0 unspecified atom stereocenters. The number of rotatable bonds is 9. The van der Waals surface area contributed by atoms with Gasteiger partial charge in [-0.2, -0.15) is 0 Å². The van der Waals surface area contributed by atoms with Crippen LogP contribution in [0.5, 0.6) is 0 Å². The molecule has 0 fully saturated rings. The van der Waals surface area contributed by atoms with Crippen LogP contribution in [0.4, 0.5) is 0 Å². The standard InChI is InChI=1S/C24H28ClN3/c1-24(2,18-19-11-13-20(25)14-12-19)28-17-7-8-21(22-9-3-5-15-26-22)23-10-4-6-16-27-23/h3-6,9-16,21,28H,7-8,17-18H2,1-2H3. The Bertz CT molecular complexity index is 793. The summed E-state index contributed by atoms with van der Waals surface area (Å²) >= 11 is 5.99. The number of halogens is 1. The Morgan fingerprint density at radius 2 is 1.50 bits per heavy atom. The van der Waals surface area contributed by atoms with Crippen LogP contribution in [0.3, 0.4) is 0 Å². The van der Waals surface area contributed by atoms with Crippen LogP contribution in [0.15, 0.2) is 73.1 Å². The Balaban J connectivity index is 1.56. The highest BCUT2D eigenvalue weighted by atomic mass is 35.5. The highest BCUT2D eigenvalue weighted by Crippen LogP contribution is 2.26.